The van der Waals surface area contributed by atoms with Gasteiger partial charge < -0.3 is 9.30 Å². The summed E-state index contributed by atoms with van der Waals surface area (Å²) in [4.78, 5) is 23.9. The number of nitrogens with zero attached hydrogens (tertiary/aromatic N) is 5. The van der Waals surface area contributed by atoms with Gasteiger partial charge in [0.25, 0.3) is 5.56 Å². The molecule has 7 nitrogen and oxygen atoms in total. The van der Waals surface area contributed by atoms with E-state index in [9.17, 15) is 4.79 Å². The third kappa shape index (κ3) is 3.71. The highest BCUT2D eigenvalue weighted by molar-refractivity contribution is 5.12. The lowest BCUT2D eigenvalue weighted by molar-refractivity contribution is 0.0788. The Bertz CT molecular complexity index is 861. The van der Waals surface area contributed by atoms with Gasteiger partial charge in [0.05, 0.1) is 24.3 Å². The summed E-state index contributed by atoms with van der Waals surface area (Å²) < 4.78 is 9.59. The van der Waals surface area contributed by atoms with Crippen LogP contribution < -0.4 is 5.56 Å². The average Bonchev–Trinajstić information content (AvgIpc) is 3.47. The van der Waals surface area contributed by atoms with Crippen LogP contribution in [0.25, 0.3) is 0 Å². The standard InChI is InChI=1S/C20H27N5O2/c26-20-9-18(16-1-2-16)22-14-24(20)11-15-3-5-23(6-4-15)12-17-10-21-19-13-27-8-7-25(17)19/h9-10,14-16H,1-8,11-13H2. The molecule has 144 valence electrons. The number of piperidine rings is 1. The average molecular weight is 369 g/mol. The van der Waals surface area contributed by atoms with Crippen molar-refractivity contribution < 1.29 is 4.74 Å². The summed E-state index contributed by atoms with van der Waals surface area (Å²) in [5, 5.41) is 0. The lowest BCUT2D eigenvalue weighted by Crippen LogP contribution is -2.36. The molecule has 0 spiro atoms. The molecule has 0 atom stereocenters. The molecule has 2 fully saturated rings. The molecule has 1 saturated carbocycles. The summed E-state index contributed by atoms with van der Waals surface area (Å²) in [5.41, 5.74) is 2.39. The topological polar surface area (TPSA) is 65.2 Å². The zero-order chi connectivity index (χ0) is 18.2. The molecule has 5 rings (SSSR count). The summed E-state index contributed by atoms with van der Waals surface area (Å²) in [7, 11) is 0. The number of ether oxygens (including phenoxy) is 1. The zero-order valence-electron chi connectivity index (χ0n) is 15.7. The maximum atomic E-state index is 12.4. The Kier molecular flexibility index (Phi) is 4.57. The van der Waals surface area contributed by atoms with E-state index in [0.717, 1.165) is 63.7 Å². The third-order valence-electron chi connectivity index (χ3n) is 6.16. The molecule has 2 aromatic heterocycles. The first-order chi connectivity index (χ1) is 13.3. The predicted octanol–water partition coefficient (Wildman–Crippen LogP) is 1.76. The van der Waals surface area contributed by atoms with Crippen molar-refractivity contribution in [3.8, 4) is 0 Å². The van der Waals surface area contributed by atoms with E-state index in [0.29, 0.717) is 18.4 Å². The summed E-state index contributed by atoms with van der Waals surface area (Å²) in [5.74, 6) is 2.14. The fraction of sp³-hybridized carbons (Fsp3) is 0.650. The van der Waals surface area contributed by atoms with E-state index >= 15 is 0 Å². The summed E-state index contributed by atoms with van der Waals surface area (Å²) in [6.07, 6.45) is 8.39. The van der Waals surface area contributed by atoms with Gasteiger partial charge in [0.1, 0.15) is 12.4 Å². The van der Waals surface area contributed by atoms with Crippen LogP contribution in [0.4, 0.5) is 0 Å². The second-order valence-corrected chi connectivity index (χ2v) is 8.17. The van der Waals surface area contributed by atoms with Gasteiger partial charge in [-0.2, -0.15) is 0 Å². The third-order valence-corrected chi connectivity index (χ3v) is 6.16. The van der Waals surface area contributed by atoms with E-state index in [1.807, 2.05) is 6.20 Å². The summed E-state index contributed by atoms with van der Waals surface area (Å²) in [6.45, 7) is 6.22. The number of aromatic nitrogens is 4. The van der Waals surface area contributed by atoms with Gasteiger partial charge in [-0.15, -0.1) is 0 Å². The van der Waals surface area contributed by atoms with Gasteiger partial charge in [0, 0.05) is 37.8 Å². The zero-order valence-corrected chi connectivity index (χ0v) is 15.7. The number of fused-ring (bicyclic) bond motifs is 1. The Balaban J connectivity index is 1.16. The van der Waals surface area contributed by atoms with E-state index in [-0.39, 0.29) is 5.56 Å². The monoisotopic (exact) mass is 369 g/mol. The number of rotatable bonds is 5. The molecule has 2 aromatic rings. The van der Waals surface area contributed by atoms with Gasteiger partial charge in [0.15, 0.2) is 0 Å². The lowest BCUT2D eigenvalue weighted by atomic mass is 9.96. The molecular formula is C20H27N5O2. The molecule has 27 heavy (non-hydrogen) atoms. The normalized spacial score (nSPS) is 21.3. The molecule has 0 radical (unpaired) electrons. The van der Waals surface area contributed by atoms with Crippen molar-refractivity contribution in [1.29, 1.82) is 0 Å². The molecule has 1 aliphatic carbocycles. The van der Waals surface area contributed by atoms with Crippen LogP contribution in [-0.2, 0) is 31.0 Å². The molecule has 0 unspecified atom stereocenters. The van der Waals surface area contributed by atoms with Crippen molar-refractivity contribution in [2.45, 2.75) is 57.8 Å². The molecule has 0 amide bonds. The fourth-order valence-corrected chi connectivity index (χ4v) is 4.30. The van der Waals surface area contributed by atoms with Gasteiger partial charge in [-0.25, -0.2) is 9.97 Å². The largest absolute Gasteiger partial charge is 0.372 e. The minimum Gasteiger partial charge on any atom is -0.372 e. The smallest absolute Gasteiger partial charge is 0.253 e. The number of likely N-dealkylation sites (tertiary alicyclic amines) is 1. The van der Waals surface area contributed by atoms with Crippen LogP contribution in [0.15, 0.2) is 23.4 Å². The molecule has 0 bridgehead atoms. The molecule has 0 N–H and O–H groups in total. The van der Waals surface area contributed by atoms with Crippen molar-refractivity contribution in [2.75, 3.05) is 19.7 Å². The Hall–Kier alpha value is -1.99. The van der Waals surface area contributed by atoms with Crippen LogP contribution in [0.3, 0.4) is 0 Å². The molecule has 4 heterocycles. The van der Waals surface area contributed by atoms with Crippen LogP contribution >= 0.6 is 0 Å². The van der Waals surface area contributed by atoms with Crippen molar-refractivity contribution in [3.63, 3.8) is 0 Å². The van der Waals surface area contributed by atoms with Crippen LogP contribution in [0.5, 0.6) is 0 Å². The molecule has 0 aromatic carbocycles. The summed E-state index contributed by atoms with van der Waals surface area (Å²) in [6, 6.07) is 1.75. The van der Waals surface area contributed by atoms with Crippen molar-refractivity contribution in [3.05, 3.63) is 46.2 Å². The highest BCUT2D eigenvalue weighted by Crippen LogP contribution is 2.38. The Morgan fingerprint density at radius 2 is 1.96 bits per heavy atom. The second kappa shape index (κ2) is 7.20. The molecule has 7 heteroatoms. The van der Waals surface area contributed by atoms with Gasteiger partial charge in [-0.1, -0.05) is 0 Å². The van der Waals surface area contributed by atoms with Crippen LogP contribution in [0.2, 0.25) is 0 Å². The quantitative estimate of drug-likeness (QED) is 0.804. The SMILES string of the molecule is O=c1cc(C2CC2)ncn1CC1CCN(Cc2cnc3n2CCOC3)CC1. The maximum absolute atomic E-state index is 12.4. The van der Waals surface area contributed by atoms with Gasteiger partial charge in [-0.05, 0) is 44.7 Å². The minimum absolute atomic E-state index is 0.113. The van der Waals surface area contributed by atoms with E-state index in [2.05, 4.69) is 19.4 Å². The van der Waals surface area contributed by atoms with E-state index in [1.165, 1.54) is 18.5 Å². The first-order valence-corrected chi connectivity index (χ1v) is 10.2. The fourth-order valence-electron chi connectivity index (χ4n) is 4.30. The van der Waals surface area contributed by atoms with Crippen LogP contribution in [-0.4, -0.2) is 43.7 Å². The van der Waals surface area contributed by atoms with E-state index in [4.69, 9.17) is 4.74 Å². The molecular weight excluding hydrogens is 342 g/mol. The first-order valence-electron chi connectivity index (χ1n) is 10.2. The van der Waals surface area contributed by atoms with Crippen molar-refractivity contribution >= 4 is 0 Å². The van der Waals surface area contributed by atoms with Crippen molar-refractivity contribution in [1.82, 2.24) is 24.0 Å². The molecule has 1 saturated heterocycles. The predicted molar refractivity (Wildman–Crippen MR) is 100 cm³/mol. The maximum Gasteiger partial charge on any atom is 0.253 e. The van der Waals surface area contributed by atoms with Gasteiger partial charge in [0.2, 0.25) is 0 Å². The first kappa shape index (κ1) is 17.1. The Morgan fingerprint density at radius 3 is 2.74 bits per heavy atom. The number of imidazole rings is 1. The van der Waals surface area contributed by atoms with Gasteiger partial charge in [-0.3, -0.25) is 14.3 Å². The Morgan fingerprint density at radius 1 is 1.11 bits per heavy atom. The molecule has 2 aliphatic heterocycles. The van der Waals surface area contributed by atoms with E-state index < -0.39 is 0 Å². The minimum atomic E-state index is 0.113. The molecule has 3 aliphatic rings. The highest BCUT2D eigenvalue weighted by Gasteiger charge is 2.26. The van der Waals surface area contributed by atoms with E-state index in [1.54, 1.807) is 17.0 Å². The van der Waals surface area contributed by atoms with Crippen LogP contribution in [0.1, 0.15) is 48.8 Å². The Labute approximate surface area is 159 Å². The number of hydrogen-bond acceptors (Lipinski definition) is 5. The van der Waals surface area contributed by atoms with Crippen molar-refractivity contribution in [2.24, 2.45) is 5.92 Å². The van der Waals surface area contributed by atoms with Gasteiger partial charge >= 0.3 is 0 Å². The highest BCUT2D eigenvalue weighted by atomic mass is 16.5. The lowest BCUT2D eigenvalue weighted by Gasteiger charge is -2.32. The second-order valence-electron chi connectivity index (χ2n) is 8.17. The van der Waals surface area contributed by atoms with Crippen LogP contribution in [0, 0.1) is 5.92 Å². The number of hydrogen-bond donors (Lipinski definition) is 0. The summed E-state index contributed by atoms with van der Waals surface area (Å²) >= 11 is 0.